The Labute approximate surface area is 113 Å². The Balaban J connectivity index is 2.04. The lowest BCUT2D eigenvalue weighted by atomic mass is 10.1. The van der Waals surface area contributed by atoms with Gasteiger partial charge in [0.25, 0.3) is 0 Å². The third-order valence-corrected chi connectivity index (χ3v) is 3.27. The van der Waals surface area contributed by atoms with E-state index < -0.39 is 0 Å². The van der Waals surface area contributed by atoms with E-state index in [1.807, 2.05) is 57.2 Å². The minimum absolute atomic E-state index is 0.00739. The van der Waals surface area contributed by atoms with E-state index in [9.17, 15) is 4.79 Å². The van der Waals surface area contributed by atoms with Crippen molar-refractivity contribution >= 4 is 5.91 Å². The normalized spacial score (nSPS) is 13.8. The van der Waals surface area contributed by atoms with Gasteiger partial charge in [0, 0.05) is 11.9 Å². The minimum atomic E-state index is -0.304. The first kappa shape index (κ1) is 13.3. The van der Waals surface area contributed by atoms with Gasteiger partial charge in [-0.3, -0.25) is 9.48 Å². The molecule has 4 heteroatoms. The summed E-state index contributed by atoms with van der Waals surface area (Å²) in [4.78, 5) is 12.2. The maximum Gasteiger partial charge on any atom is 0.245 e. The number of carbonyl (C=O) groups excluding carboxylic acids is 1. The smallest absolute Gasteiger partial charge is 0.245 e. The van der Waals surface area contributed by atoms with E-state index in [1.54, 1.807) is 10.9 Å². The molecule has 19 heavy (non-hydrogen) atoms. The van der Waals surface area contributed by atoms with Gasteiger partial charge in [-0.25, -0.2) is 0 Å². The van der Waals surface area contributed by atoms with Gasteiger partial charge in [0.1, 0.15) is 6.04 Å². The number of aromatic nitrogens is 2. The quantitative estimate of drug-likeness (QED) is 0.915. The van der Waals surface area contributed by atoms with E-state index in [4.69, 9.17) is 0 Å². The van der Waals surface area contributed by atoms with E-state index >= 15 is 0 Å². The second kappa shape index (κ2) is 5.69. The minimum Gasteiger partial charge on any atom is -0.348 e. The van der Waals surface area contributed by atoms with Crippen molar-refractivity contribution < 1.29 is 4.79 Å². The first-order valence-corrected chi connectivity index (χ1v) is 6.45. The third kappa shape index (κ3) is 3.02. The van der Waals surface area contributed by atoms with Crippen LogP contribution in [0.15, 0.2) is 42.6 Å². The maximum atomic E-state index is 12.2. The lowest BCUT2D eigenvalue weighted by molar-refractivity contribution is -0.124. The van der Waals surface area contributed by atoms with Crippen molar-refractivity contribution in [2.24, 2.45) is 0 Å². The van der Waals surface area contributed by atoms with Gasteiger partial charge in [-0.1, -0.05) is 30.3 Å². The number of amides is 1. The summed E-state index contributed by atoms with van der Waals surface area (Å²) < 4.78 is 1.73. The first-order chi connectivity index (χ1) is 9.09. The van der Waals surface area contributed by atoms with Crippen LogP contribution in [-0.4, -0.2) is 15.7 Å². The molecule has 2 rings (SSSR count). The number of rotatable bonds is 4. The van der Waals surface area contributed by atoms with Crippen molar-refractivity contribution in [1.82, 2.24) is 15.1 Å². The molecule has 2 atom stereocenters. The molecule has 100 valence electrons. The number of nitrogens with one attached hydrogen (secondary N) is 1. The largest absolute Gasteiger partial charge is 0.348 e. The zero-order valence-electron chi connectivity index (χ0n) is 11.5. The molecule has 0 aliphatic rings. The molecule has 2 aromatic rings. The van der Waals surface area contributed by atoms with Crippen LogP contribution in [0.3, 0.4) is 0 Å². The molecular weight excluding hydrogens is 238 g/mol. The van der Waals surface area contributed by atoms with Crippen molar-refractivity contribution in [3.05, 3.63) is 53.9 Å². The predicted octanol–water partition coefficient (Wildman–Crippen LogP) is 2.63. The molecule has 0 radical (unpaired) electrons. The highest BCUT2D eigenvalue weighted by atomic mass is 16.2. The van der Waals surface area contributed by atoms with Crippen molar-refractivity contribution in [3.8, 4) is 0 Å². The zero-order chi connectivity index (χ0) is 13.8. The van der Waals surface area contributed by atoms with E-state index in [2.05, 4.69) is 10.4 Å². The van der Waals surface area contributed by atoms with Crippen LogP contribution in [0.1, 0.15) is 37.2 Å². The fraction of sp³-hybridized carbons (Fsp3) is 0.333. The Morgan fingerprint density at radius 3 is 2.47 bits per heavy atom. The van der Waals surface area contributed by atoms with Crippen LogP contribution in [0.25, 0.3) is 0 Å². The van der Waals surface area contributed by atoms with Crippen LogP contribution < -0.4 is 5.32 Å². The highest BCUT2D eigenvalue weighted by molar-refractivity contribution is 5.80. The van der Waals surface area contributed by atoms with Crippen LogP contribution in [0.4, 0.5) is 0 Å². The Morgan fingerprint density at radius 2 is 1.89 bits per heavy atom. The van der Waals surface area contributed by atoms with Crippen molar-refractivity contribution in [2.45, 2.75) is 32.9 Å². The monoisotopic (exact) mass is 257 g/mol. The van der Waals surface area contributed by atoms with Crippen molar-refractivity contribution in [2.75, 3.05) is 0 Å². The van der Waals surface area contributed by atoms with Crippen LogP contribution in [-0.2, 0) is 4.79 Å². The van der Waals surface area contributed by atoms with Gasteiger partial charge in [0.2, 0.25) is 5.91 Å². The number of aryl methyl sites for hydroxylation is 1. The molecule has 1 amide bonds. The molecule has 1 N–H and O–H groups in total. The SMILES string of the molecule is Cc1ccnn1C(C)C(=O)NC(C)c1ccccc1. The second-order valence-corrected chi connectivity index (χ2v) is 4.73. The fourth-order valence-corrected chi connectivity index (χ4v) is 2.06. The number of carbonyl (C=O) groups is 1. The van der Waals surface area contributed by atoms with Gasteiger partial charge in [-0.05, 0) is 32.4 Å². The molecule has 0 aliphatic carbocycles. The molecule has 0 spiro atoms. The van der Waals surface area contributed by atoms with Crippen LogP contribution in [0.2, 0.25) is 0 Å². The Hall–Kier alpha value is -2.10. The van der Waals surface area contributed by atoms with Gasteiger partial charge in [0.15, 0.2) is 0 Å². The van der Waals surface area contributed by atoms with Gasteiger partial charge in [-0.2, -0.15) is 5.10 Å². The Bertz CT molecular complexity index is 548. The van der Waals surface area contributed by atoms with Gasteiger partial charge < -0.3 is 5.32 Å². The van der Waals surface area contributed by atoms with Crippen LogP contribution in [0, 0.1) is 6.92 Å². The molecule has 1 aromatic carbocycles. The van der Waals surface area contributed by atoms with Crippen LogP contribution in [0.5, 0.6) is 0 Å². The maximum absolute atomic E-state index is 12.2. The average Bonchev–Trinajstić information content (AvgIpc) is 2.85. The van der Waals surface area contributed by atoms with E-state index in [0.29, 0.717) is 0 Å². The Kier molecular flexibility index (Phi) is 4.00. The molecule has 1 heterocycles. The summed E-state index contributed by atoms with van der Waals surface area (Å²) in [5.41, 5.74) is 2.08. The first-order valence-electron chi connectivity index (χ1n) is 6.45. The second-order valence-electron chi connectivity index (χ2n) is 4.73. The highest BCUT2D eigenvalue weighted by Crippen LogP contribution is 2.14. The lowest BCUT2D eigenvalue weighted by Crippen LogP contribution is -2.33. The Morgan fingerprint density at radius 1 is 1.21 bits per heavy atom. The molecule has 0 aliphatic heterocycles. The van der Waals surface area contributed by atoms with E-state index in [-0.39, 0.29) is 18.0 Å². The topological polar surface area (TPSA) is 46.9 Å². The van der Waals surface area contributed by atoms with Gasteiger partial charge >= 0.3 is 0 Å². The molecule has 4 nitrogen and oxygen atoms in total. The van der Waals surface area contributed by atoms with Gasteiger partial charge in [-0.15, -0.1) is 0 Å². The summed E-state index contributed by atoms with van der Waals surface area (Å²) >= 11 is 0. The lowest BCUT2D eigenvalue weighted by Gasteiger charge is -2.19. The molecule has 2 unspecified atom stereocenters. The van der Waals surface area contributed by atoms with E-state index in [1.165, 1.54) is 0 Å². The molecule has 0 bridgehead atoms. The average molecular weight is 257 g/mol. The molecule has 0 saturated heterocycles. The fourth-order valence-electron chi connectivity index (χ4n) is 2.06. The third-order valence-electron chi connectivity index (χ3n) is 3.27. The van der Waals surface area contributed by atoms with Crippen LogP contribution >= 0.6 is 0 Å². The standard InChI is InChI=1S/C15H19N3O/c1-11-9-10-16-18(11)13(3)15(19)17-12(2)14-7-5-4-6-8-14/h4-10,12-13H,1-3H3,(H,17,19). The van der Waals surface area contributed by atoms with Crippen molar-refractivity contribution in [3.63, 3.8) is 0 Å². The molecular formula is C15H19N3O. The number of benzene rings is 1. The summed E-state index contributed by atoms with van der Waals surface area (Å²) in [6.07, 6.45) is 1.71. The number of hydrogen-bond donors (Lipinski definition) is 1. The highest BCUT2D eigenvalue weighted by Gasteiger charge is 2.18. The van der Waals surface area contributed by atoms with E-state index in [0.717, 1.165) is 11.3 Å². The van der Waals surface area contributed by atoms with Gasteiger partial charge in [0.05, 0.1) is 6.04 Å². The molecule has 0 fully saturated rings. The predicted molar refractivity (Wildman–Crippen MR) is 74.7 cm³/mol. The number of hydrogen-bond acceptors (Lipinski definition) is 2. The summed E-state index contributed by atoms with van der Waals surface area (Å²) in [5.74, 6) is -0.0249. The summed E-state index contributed by atoms with van der Waals surface area (Å²) in [5, 5.41) is 7.18. The summed E-state index contributed by atoms with van der Waals surface area (Å²) in [6, 6.07) is 11.5. The van der Waals surface area contributed by atoms with Crippen molar-refractivity contribution in [1.29, 1.82) is 0 Å². The molecule has 0 saturated carbocycles. The molecule has 1 aromatic heterocycles. The zero-order valence-corrected chi connectivity index (χ0v) is 11.5. The summed E-state index contributed by atoms with van der Waals surface area (Å²) in [6.45, 7) is 5.78. The number of nitrogens with zero attached hydrogens (tertiary/aromatic N) is 2. The summed E-state index contributed by atoms with van der Waals surface area (Å²) in [7, 11) is 0.